The molecule has 1 aliphatic heterocycles. The first kappa shape index (κ1) is 29.9. The van der Waals surface area contributed by atoms with Gasteiger partial charge in [-0.1, -0.05) is 91.0 Å². The van der Waals surface area contributed by atoms with E-state index in [2.05, 4.69) is 0 Å². The van der Waals surface area contributed by atoms with E-state index in [0.29, 0.717) is 26.2 Å². The molecule has 0 bridgehead atoms. The highest BCUT2D eigenvalue weighted by atomic mass is 16.7. The molecule has 40 heavy (non-hydrogen) atoms. The Morgan fingerprint density at radius 3 is 1.85 bits per heavy atom. The van der Waals surface area contributed by atoms with Crippen molar-refractivity contribution in [3.63, 3.8) is 0 Å². The molecular weight excluding hydrogens is 508 g/mol. The van der Waals surface area contributed by atoms with Gasteiger partial charge < -0.3 is 28.4 Å². The summed E-state index contributed by atoms with van der Waals surface area (Å²) in [5.74, 6) is -0.469. The van der Waals surface area contributed by atoms with E-state index in [4.69, 9.17) is 28.4 Å². The number of hydrogen-bond acceptors (Lipinski definition) is 7. The van der Waals surface area contributed by atoms with Crippen LogP contribution in [0, 0.1) is 0 Å². The Morgan fingerprint density at radius 1 is 0.825 bits per heavy atom. The molecule has 0 radical (unpaired) electrons. The first-order chi connectivity index (χ1) is 19.4. The lowest BCUT2D eigenvalue weighted by molar-refractivity contribution is -0.311. The van der Waals surface area contributed by atoms with Gasteiger partial charge in [0, 0.05) is 6.42 Å². The van der Waals surface area contributed by atoms with Crippen molar-refractivity contribution in [2.45, 2.75) is 83.3 Å². The average molecular weight is 549 g/mol. The van der Waals surface area contributed by atoms with E-state index >= 15 is 0 Å². The summed E-state index contributed by atoms with van der Waals surface area (Å²) in [5, 5.41) is 0. The van der Waals surface area contributed by atoms with Crippen molar-refractivity contribution in [2.24, 2.45) is 0 Å². The molecule has 214 valence electrons. The number of carbonyl (C=O) groups excluding carboxylic acids is 1. The smallest absolute Gasteiger partial charge is 0.334 e. The standard InChI is InChI=1S/C33H40O7/c1-24(32(34)35-4)39-29-20-28(36-21-25-14-8-5-9-15-25)30(37-22-26-16-10-6-11-17-26)31(40-29)33(2,3)38-23-27-18-12-7-13-19-27/h5-19,24,28-31H,20-23H2,1-4H3/t24-,28+,29-,30-,31-/m0/s1. The van der Waals surface area contributed by atoms with Crippen LogP contribution >= 0.6 is 0 Å². The molecule has 3 aromatic rings. The van der Waals surface area contributed by atoms with Gasteiger partial charge in [0.25, 0.3) is 0 Å². The molecule has 1 fully saturated rings. The highest BCUT2D eigenvalue weighted by Crippen LogP contribution is 2.35. The Labute approximate surface area is 237 Å². The minimum atomic E-state index is -0.805. The van der Waals surface area contributed by atoms with E-state index in [1.54, 1.807) is 6.92 Å². The summed E-state index contributed by atoms with van der Waals surface area (Å²) in [5.41, 5.74) is 2.36. The third-order valence-electron chi connectivity index (χ3n) is 7.01. The normalized spacial score (nSPS) is 22.0. The fourth-order valence-electron chi connectivity index (χ4n) is 4.74. The topological polar surface area (TPSA) is 72.5 Å². The van der Waals surface area contributed by atoms with Crippen LogP contribution in [0.4, 0.5) is 0 Å². The number of methoxy groups -OCH3 is 1. The van der Waals surface area contributed by atoms with E-state index in [-0.39, 0.29) is 0 Å². The van der Waals surface area contributed by atoms with Gasteiger partial charge in [-0.3, -0.25) is 0 Å². The summed E-state index contributed by atoms with van der Waals surface area (Å²) in [6.45, 7) is 6.81. The average Bonchev–Trinajstić information content (AvgIpc) is 2.99. The van der Waals surface area contributed by atoms with Crippen LogP contribution in [0.25, 0.3) is 0 Å². The maximum atomic E-state index is 12.2. The minimum absolute atomic E-state index is 0.374. The number of carbonyl (C=O) groups is 1. The van der Waals surface area contributed by atoms with Crippen molar-refractivity contribution in [3.8, 4) is 0 Å². The van der Waals surface area contributed by atoms with Gasteiger partial charge in [0.15, 0.2) is 12.4 Å². The summed E-state index contributed by atoms with van der Waals surface area (Å²) < 4.78 is 37.0. The van der Waals surface area contributed by atoms with E-state index in [1.165, 1.54) is 7.11 Å². The molecule has 0 saturated carbocycles. The lowest BCUT2D eigenvalue weighted by Crippen LogP contribution is -2.60. The molecule has 5 atom stereocenters. The highest BCUT2D eigenvalue weighted by Gasteiger charge is 2.49. The van der Waals surface area contributed by atoms with E-state index < -0.39 is 42.3 Å². The summed E-state index contributed by atoms with van der Waals surface area (Å²) in [4.78, 5) is 12.2. The van der Waals surface area contributed by atoms with Gasteiger partial charge in [-0.2, -0.15) is 0 Å². The predicted molar refractivity (Wildman–Crippen MR) is 151 cm³/mol. The second kappa shape index (κ2) is 14.5. The van der Waals surface area contributed by atoms with Gasteiger partial charge in [-0.05, 0) is 37.5 Å². The SMILES string of the molecule is COC(=O)[C@H](C)O[C@@H]1C[C@@H](OCc2ccccc2)[C@H](OCc2ccccc2)[C@@H](C(C)(C)OCc2ccccc2)O1. The number of hydrogen-bond donors (Lipinski definition) is 0. The van der Waals surface area contributed by atoms with Crippen LogP contribution in [0.1, 0.15) is 43.9 Å². The molecule has 0 N–H and O–H groups in total. The highest BCUT2D eigenvalue weighted by molar-refractivity contribution is 5.73. The summed E-state index contributed by atoms with van der Waals surface area (Å²) in [6.07, 6.45) is -2.58. The quantitative estimate of drug-likeness (QED) is 0.248. The van der Waals surface area contributed by atoms with Crippen LogP contribution in [-0.4, -0.2) is 49.4 Å². The second-order valence-corrected chi connectivity index (χ2v) is 10.5. The Morgan fingerprint density at radius 2 is 1.32 bits per heavy atom. The zero-order valence-electron chi connectivity index (χ0n) is 23.7. The van der Waals surface area contributed by atoms with Gasteiger partial charge in [0.2, 0.25) is 0 Å². The molecule has 0 aromatic heterocycles. The van der Waals surface area contributed by atoms with E-state index in [9.17, 15) is 4.79 Å². The maximum Gasteiger partial charge on any atom is 0.334 e. The molecule has 7 heteroatoms. The molecule has 0 aliphatic carbocycles. The third kappa shape index (κ3) is 8.46. The fourth-order valence-corrected chi connectivity index (χ4v) is 4.74. The van der Waals surface area contributed by atoms with Crippen molar-refractivity contribution >= 4 is 5.97 Å². The largest absolute Gasteiger partial charge is 0.467 e. The van der Waals surface area contributed by atoms with Gasteiger partial charge in [0.05, 0.1) is 38.6 Å². The number of ether oxygens (including phenoxy) is 6. The molecule has 0 amide bonds. The molecule has 4 rings (SSSR count). The van der Waals surface area contributed by atoms with Gasteiger partial charge in [-0.25, -0.2) is 4.79 Å². The first-order valence-corrected chi connectivity index (χ1v) is 13.7. The van der Waals surface area contributed by atoms with E-state index in [1.807, 2.05) is 105 Å². The van der Waals surface area contributed by atoms with Crippen molar-refractivity contribution < 1.29 is 33.2 Å². The Hall–Kier alpha value is -3.07. The third-order valence-corrected chi connectivity index (χ3v) is 7.01. The lowest BCUT2D eigenvalue weighted by atomic mass is 9.89. The Balaban J connectivity index is 1.59. The predicted octanol–water partition coefficient (Wildman–Crippen LogP) is 5.85. The Bertz CT molecular complexity index is 1150. The molecule has 3 aromatic carbocycles. The molecule has 0 spiro atoms. The lowest BCUT2D eigenvalue weighted by Gasteiger charge is -2.47. The van der Waals surface area contributed by atoms with Gasteiger partial charge in [-0.15, -0.1) is 0 Å². The van der Waals surface area contributed by atoms with Crippen molar-refractivity contribution in [1.29, 1.82) is 0 Å². The zero-order valence-corrected chi connectivity index (χ0v) is 23.7. The van der Waals surface area contributed by atoms with Gasteiger partial charge >= 0.3 is 5.97 Å². The molecule has 7 nitrogen and oxygen atoms in total. The number of rotatable bonds is 13. The molecule has 0 unspecified atom stereocenters. The fraction of sp³-hybridized carbons (Fsp3) is 0.424. The van der Waals surface area contributed by atoms with E-state index in [0.717, 1.165) is 16.7 Å². The number of esters is 1. The van der Waals surface area contributed by atoms with Crippen LogP contribution in [0.15, 0.2) is 91.0 Å². The molecule has 1 aliphatic rings. The van der Waals surface area contributed by atoms with Gasteiger partial charge in [0.1, 0.15) is 12.2 Å². The Kier molecular flexibility index (Phi) is 10.9. The van der Waals surface area contributed by atoms with Crippen LogP contribution in [-0.2, 0) is 53.0 Å². The molecule has 1 heterocycles. The van der Waals surface area contributed by atoms with Crippen molar-refractivity contribution in [3.05, 3.63) is 108 Å². The summed E-state index contributed by atoms with van der Waals surface area (Å²) in [7, 11) is 1.34. The van der Waals surface area contributed by atoms with Crippen molar-refractivity contribution in [2.75, 3.05) is 7.11 Å². The zero-order chi connectivity index (χ0) is 28.4. The first-order valence-electron chi connectivity index (χ1n) is 13.7. The minimum Gasteiger partial charge on any atom is -0.467 e. The second-order valence-electron chi connectivity index (χ2n) is 10.5. The van der Waals surface area contributed by atoms with Crippen LogP contribution in [0.3, 0.4) is 0 Å². The molecule has 1 saturated heterocycles. The monoisotopic (exact) mass is 548 g/mol. The van der Waals surface area contributed by atoms with Crippen molar-refractivity contribution in [1.82, 2.24) is 0 Å². The number of benzene rings is 3. The van der Waals surface area contributed by atoms with Crippen LogP contribution < -0.4 is 0 Å². The summed E-state index contributed by atoms with van der Waals surface area (Å²) >= 11 is 0. The molecular formula is C33H40O7. The summed E-state index contributed by atoms with van der Waals surface area (Å²) in [6, 6.07) is 30.0. The van der Waals surface area contributed by atoms with Crippen LogP contribution in [0.5, 0.6) is 0 Å². The van der Waals surface area contributed by atoms with Crippen LogP contribution in [0.2, 0.25) is 0 Å². The maximum absolute atomic E-state index is 12.2.